The van der Waals surface area contributed by atoms with Crippen molar-refractivity contribution in [2.24, 2.45) is 0 Å². The molecule has 1 saturated heterocycles. The van der Waals surface area contributed by atoms with Gasteiger partial charge in [0.2, 0.25) is 15.9 Å². The summed E-state index contributed by atoms with van der Waals surface area (Å²) in [4.78, 5) is 14.2. The van der Waals surface area contributed by atoms with Gasteiger partial charge in [-0.25, -0.2) is 8.42 Å². The molecule has 0 unspecified atom stereocenters. The highest BCUT2D eigenvalue weighted by Crippen LogP contribution is 2.42. The average molecular weight is 465 g/mol. The minimum absolute atomic E-state index is 0.0400. The average Bonchev–Trinajstić information content (AvgIpc) is 3.06. The number of ether oxygens (including phenoxy) is 2. The monoisotopic (exact) mass is 465 g/mol. The number of amides is 1. The van der Waals surface area contributed by atoms with E-state index in [4.69, 9.17) is 0 Å². The van der Waals surface area contributed by atoms with E-state index in [9.17, 15) is 22.0 Å². The molecule has 2 aliphatic heterocycles. The van der Waals surface area contributed by atoms with E-state index in [1.54, 1.807) is 6.08 Å². The van der Waals surface area contributed by atoms with Crippen LogP contribution in [0.1, 0.15) is 5.56 Å². The van der Waals surface area contributed by atoms with Gasteiger partial charge in [0.15, 0.2) is 11.5 Å². The summed E-state index contributed by atoms with van der Waals surface area (Å²) in [5.41, 5.74) is 1.08. The summed E-state index contributed by atoms with van der Waals surface area (Å²) in [6.45, 7) is 1.33. The number of hydrogen-bond donors (Lipinski definition) is 1. The first-order valence-electron chi connectivity index (χ1n) is 9.86. The molecular weight excluding hydrogens is 444 g/mol. The molecule has 1 amide bonds. The zero-order chi connectivity index (χ0) is 22.8. The highest BCUT2D eigenvalue weighted by Gasteiger charge is 2.43. The molecule has 0 spiro atoms. The molecule has 4 rings (SSSR count). The van der Waals surface area contributed by atoms with Crippen molar-refractivity contribution in [3.05, 3.63) is 59.5 Å². The van der Waals surface area contributed by atoms with Crippen LogP contribution in [0.15, 0.2) is 53.9 Å². The molecule has 1 fully saturated rings. The van der Waals surface area contributed by atoms with E-state index in [2.05, 4.69) is 14.8 Å². The number of carbonyl (C=O) groups excluding carboxylic acids is 1. The lowest BCUT2D eigenvalue weighted by Crippen LogP contribution is -2.49. The van der Waals surface area contributed by atoms with E-state index in [1.165, 1.54) is 27.9 Å². The molecule has 0 radical (unpaired) electrons. The Morgan fingerprint density at radius 1 is 1.03 bits per heavy atom. The van der Waals surface area contributed by atoms with Gasteiger partial charge in [-0.1, -0.05) is 30.3 Å². The third-order valence-electron chi connectivity index (χ3n) is 4.98. The van der Waals surface area contributed by atoms with Crippen LogP contribution in [-0.2, 0) is 14.8 Å². The van der Waals surface area contributed by atoms with Crippen LogP contribution in [-0.4, -0.2) is 62.5 Å². The Kier molecular flexibility index (Phi) is 6.13. The van der Waals surface area contributed by atoms with Crippen molar-refractivity contribution >= 4 is 27.7 Å². The van der Waals surface area contributed by atoms with Gasteiger partial charge in [0.05, 0.1) is 6.54 Å². The maximum atomic E-state index is 13.1. The van der Waals surface area contributed by atoms with Gasteiger partial charge in [0, 0.05) is 43.3 Å². The van der Waals surface area contributed by atoms with Crippen LogP contribution in [0.3, 0.4) is 0 Å². The number of alkyl halides is 2. The number of halogens is 2. The predicted octanol–water partition coefficient (Wildman–Crippen LogP) is 2.56. The second kappa shape index (κ2) is 8.85. The number of sulfonamides is 1. The van der Waals surface area contributed by atoms with E-state index in [0.717, 1.165) is 5.56 Å². The summed E-state index contributed by atoms with van der Waals surface area (Å²) in [7, 11) is -3.56. The number of anilines is 1. The Balaban J connectivity index is 1.27. The molecule has 0 atom stereocenters. The number of rotatable bonds is 6. The normalized spacial score (nSPS) is 18.7. The van der Waals surface area contributed by atoms with Crippen LogP contribution < -0.4 is 14.8 Å². The zero-order valence-corrected chi connectivity index (χ0v) is 17.7. The Morgan fingerprint density at radius 2 is 1.72 bits per heavy atom. The Labute approximate surface area is 184 Å². The minimum atomic E-state index is -3.72. The molecule has 8 nitrogen and oxygen atoms in total. The van der Waals surface area contributed by atoms with Gasteiger partial charge in [0.25, 0.3) is 0 Å². The summed E-state index contributed by atoms with van der Waals surface area (Å²) < 4.78 is 61.3. The topological polar surface area (TPSA) is 88.2 Å². The quantitative estimate of drug-likeness (QED) is 0.706. The lowest BCUT2D eigenvalue weighted by atomic mass is 10.2. The first-order chi connectivity index (χ1) is 15.2. The van der Waals surface area contributed by atoms with Gasteiger partial charge < -0.3 is 14.8 Å². The standard InChI is InChI=1S/C21H21F2N3O5S/c22-21(23)30-18-7-6-17(14-19(18)31-21)24-20(27)15-25-9-11-26(12-10-25)32(28,29)13-8-16-4-2-1-3-5-16/h1-8,13-14H,9-12,15H2,(H,24,27)/b13-8+. The summed E-state index contributed by atoms with van der Waals surface area (Å²) in [6, 6.07) is 13.1. The number of piperazine rings is 1. The Bertz CT molecular complexity index is 1120. The lowest BCUT2D eigenvalue weighted by molar-refractivity contribution is -0.286. The maximum Gasteiger partial charge on any atom is 0.586 e. The Morgan fingerprint density at radius 3 is 2.44 bits per heavy atom. The molecule has 11 heteroatoms. The minimum Gasteiger partial charge on any atom is -0.395 e. The van der Waals surface area contributed by atoms with Crippen molar-refractivity contribution in [1.82, 2.24) is 9.21 Å². The smallest absolute Gasteiger partial charge is 0.395 e. The van der Waals surface area contributed by atoms with Crippen molar-refractivity contribution < 1.29 is 31.5 Å². The van der Waals surface area contributed by atoms with E-state index in [0.29, 0.717) is 18.8 Å². The van der Waals surface area contributed by atoms with Gasteiger partial charge in [0.1, 0.15) is 0 Å². The first-order valence-corrected chi connectivity index (χ1v) is 11.4. The molecule has 170 valence electrons. The number of benzene rings is 2. The Hall–Kier alpha value is -3.02. The van der Waals surface area contributed by atoms with Crippen LogP contribution in [0.2, 0.25) is 0 Å². The highest BCUT2D eigenvalue weighted by molar-refractivity contribution is 7.92. The maximum absolute atomic E-state index is 13.1. The molecule has 2 aromatic carbocycles. The van der Waals surface area contributed by atoms with Crippen LogP contribution in [0.25, 0.3) is 6.08 Å². The fourth-order valence-corrected chi connectivity index (χ4v) is 4.56. The molecule has 32 heavy (non-hydrogen) atoms. The van der Waals surface area contributed by atoms with Gasteiger partial charge in [-0.2, -0.15) is 4.31 Å². The number of nitrogens with one attached hydrogen (secondary N) is 1. The number of fused-ring (bicyclic) bond motifs is 1. The van der Waals surface area contributed by atoms with Crippen LogP contribution in [0.5, 0.6) is 11.5 Å². The summed E-state index contributed by atoms with van der Waals surface area (Å²) in [6.07, 6.45) is -2.17. The fraction of sp³-hybridized carbons (Fsp3) is 0.286. The third kappa shape index (κ3) is 5.42. The molecule has 0 aliphatic carbocycles. The van der Waals surface area contributed by atoms with E-state index >= 15 is 0 Å². The van der Waals surface area contributed by atoms with Gasteiger partial charge in [-0.15, -0.1) is 8.78 Å². The molecule has 0 aromatic heterocycles. The van der Waals surface area contributed by atoms with Crippen molar-refractivity contribution in [3.8, 4) is 11.5 Å². The summed E-state index contributed by atoms with van der Waals surface area (Å²) in [5.74, 6) is -0.613. The lowest BCUT2D eigenvalue weighted by Gasteiger charge is -2.32. The molecule has 1 N–H and O–H groups in total. The van der Waals surface area contributed by atoms with Gasteiger partial charge >= 0.3 is 6.29 Å². The highest BCUT2D eigenvalue weighted by atomic mass is 32.2. The van der Waals surface area contributed by atoms with E-state index in [1.807, 2.05) is 35.2 Å². The van der Waals surface area contributed by atoms with Gasteiger partial charge in [-0.3, -0.25) is 9.69 Å². The second-order valence-corrected chi connectivity index (χ2v) is 9.13. The van der Waals surface area contributed by atoms with Crippen molar-refractivity contribution in [2.75, 3.05) is 38.0 Å². The number of hydrogen-bond acceptors (Lipinski definition) is 6. The third-order valence-corrected chi connectivity index (χ3v) is 6.54. The predicted molar refractivity (Wildman–Crippen MR) is 114 cm³/mol. The molecule has 2 aromatic rings. The largest absolute Gasteiger partial charge is 0.586 e. The molecule has 2 heterocycles. The molecule has 0 saturated carbocycles. The van der Waals surface area contributed by atoms with E-state index in [-0.39, 0.29) is 37.0 Å². The molecule has 2 aliphatic rings. The number of carbonyl (C=O) groups is 1. The fourth-order valence-electron chi connectivity index (χ4n) is 3.39. The summed E-state index contributed by atoms with van der Waals surface area (Å²) >= 11 is 0. The van der Waals surface area contributed by atoms with Crippen LogP contribution in [0.4, 0.5) is 14.5 Å². The van der Waals surface area contributed by atoms with E-state index < -0.39 is 16.3 Å². The summed E-state index contributed by atoms with van der Waals surface area (Å²) in [5, 5.41) is 3.81. The zero-order valence-electron chi connectivity index (χ0n) is 16.9. The first kappa shape index (κ1) is 22.2. The van der Waals surface area contributed by atoms with Crippen LogP contribution in [0, 0.1) is 0 Å². The van der Waals surface area contributed by atoms with Crippen molar-refractivity contribution in [1.29, 1.82) is 0 Å². The number of nitrogens with zero attached hydrogens (tertiary/aromatic N) is 2. The van der Waals surface area contributed by atoms with Crippen molar-refractivity contribution in [3.63, 3.8) is 0 Å². The molecule has 0 bridgehead atoms. The van der Waals surface area contributed by atoms with Crippen LogP contribution >= 0.6 is 0 Å². The van der Waals surface area contributed by atoms with Crippen molar-refractivity contribution in [2.45, 2.75) is 6.29 Å². The SMILES string of the molecule is O=C(CN1CCN(S(=O)(=O)/C=C/c2ccccc2)CC1)Nc1ccc2c(c1)OC(F)(F)O2. The molecular formula is C21H21F2N3O5S. The van der Waals surface area contributed by atoms with Gasteiger partial charge in [-0.05, 0) is 23.8 Å². The second-order valence-electron chi connectivity index (χ2n) is 7.31.